The highest BCUT2D eigenvalue weighted by molar-refractivity contribution is 7.91. The number of hydrogen-bond acceptors (Lipinski definition) is 5. The van der Waals surface area contributed by atoms with Gasteiger partial charge in [-0.3, -0.25) is 0 Å². The van der Waals surface area contributed by atoms with Crippen LogP contribution in [0.3, 0.4) is 0 Å². The molecule has 1 atom stereocenters. The van der Waals surface area contributed by atoms with E-state index in [2.05, 4.69) is 5.32 Å². The molecule has 196 valence electrons. The summed E-state index contributed by atoms with van der Waals surface area (Å²) in [6.45, 7) is 1.13. The highest BCUT2D eigenvalue weighted by Crippen LogP contribution is 2.26. The smallest absolute Gasteiger partial charge is 0.335 e. The summed E-state index contributed by atoms with van der Waals surface area (Å²) in [6.07, 6.45) is 0.976. The van der Waals surface area contributed by atoms with E-state index in [-0.39, 0.29) is 15.4 Å². The maximum Gasteiger partial charge on any atom is 0.335 e. The zero-order chi connectivity index (χ0) is 27.1. The molecule has 0 spiro atoms. The van der Waals surface area contributed by atoms with Crippen LogP contribution in [-0.4, -0.2) is 37.7 Å². The summed E-state index contributed by atoms with van der Waals surface area (Å²) in [4.78, 5) is 11.5. The molecule has 0 saturated heterocycles. The first kappa shape index (κ1) is 27.5. The average molecular weight is 550 g/mol. The lowest BCUT2D eigenvalue weighted by molar-refractivity contribution is 0.0697. The number of rotatable bonds is 11. The van der Waals surface area contributed by atoms with Gasteiger partial charge in [-0.2, -0.15) is 0 Å². The van der Waals surface area contributed by atoms with Gasteiger partial charge >= 0.3 is 5.97 Å². The molecule has 0 aliphatic carbocycles. The van der Waals surface area contributed by atoms with Crippen LogP contribution < -0.4 is 5.32 Å². The van der Waals surface area contributed by atoms with Gasteiger partial charge in [0, 0.05) is 11.6 Å². The number of aliphatic hydroxyl groups is 1. The molecular weight excluding hydrogens is 522 g/mol. The van der Waals surface area contributed by atoms with Gasteiger partial charge in [0.2, 0.25) is 9.84 Å². The molecule has 0 amide bonds. The average Bonchev–Trinajstić information content (AvgIpc) is 2.93. The number of halogens is 1. The number of aliphatic hydroxyl groups excluding tert-OH is 1. The fraction of sp³-hybridized carbons (Fsp3) is 0.167. The molecule has 0 fully saturated rings. The molecule has 0 radical (unpaired) electrons. The van der Waals surface area contributed by atoms with Gasteiger partial charge < -0.3 is 15.5 Å². The van der Waals surface area contributed by atoms with Gasteiger partial charge in [-0.25, -0.2) is 13.2 Å². The van der Waals surface area contributed by atoms with E-state index in [4.69, 9.17) is 16.7 Å². The molecule has 0 aliphatic rings. The van der Waals surface area contributed by atoms with Crippen molar-refractivity contribution in [3.63, 3.8) is 0 Å². The quantitative estimate of drug-likeness (QED) is 0.204. The summed E-state index contributed by atoms with van der Waals surface area (Å²) in [5.41, 5.74) is 3.59. The molecule has 0 unspecified atom stereocenters. The molecule has 4 aromatic carbocycles. The Morgan fingerprint density at radius 2 is 1.42 bits per heavy atom. The predicted molar refractivity (Wildman–Crippen MR) is 148 cm³/mol. The van der Waals surface area contributed by atoms with Crippen molar-refractivity contribution in [2.24, 2.45) is 0 Å². The van der Waals surface area contributed by atoms with Gasteiger partial charge in [0.25, 0.3) is 0 Å². The van der Waals surface area contributed by atoms with E-state index in [1.807, 2.05) is 24.3 Å². The molecule has 8 heteroatoms. The standard InChI is InChI=1S/C30H28ClNO5S/c31-26-5-1-4-25(19-26)29(33)20-32-18-2-3-21-6-14-27(15-7-21)38(36,37)28-16-12-23(13-17-28)22-8-10-24(11-9-22)30(34)35/h1,4-17,19,29,32-33H,2-3,18,20H2,(H,34,35)/t29-/m0/s1. The lowest BCUT2D eigenvalue weighted by Gasteiger charge is -2.12. The Morgan fingerprint density at radius 3 is 2.00 bits per heavy atom. The first-order valence-corrected chi connectivity index (χ1v) is 14.0. The maximum absolute atomic E-state index is 13.1. The summed E-state index contributed by atoms with van der Waals surface area (Å²) in [5, 5.41) is 23.1. The second-order valence-corrected chi connectivity index (χ2v) is 11.3. The number of carbonyl (C=O) groups is 1. The Morgan fingerprint density at radius 1 is 0.842 bits per heavy atom. The molecule has 0 aliphatic heterocycles. The Hall–Kier alpha value is -3.49. The highest BCUT2D eigenvalue weighted by atomic mass is 35.5. The SMILES string of the molecule is O=C(O)c1ccc(-c2ccc(S(=O)(=O)c3ccc(CCCNC[C@H](O)c4cccc(Cl)c4)cc3)cc2)cc1. The van der Waals surface area contributed by atoms with Crippen molar-refractivity contribution in [3.05, 3.63) is 119 Å². The molecule has 4 aromatic rings. The normalized spacial score (nSPS) is 12.3. The van der Waals surface area contributed by atoms with E-state index in [9.17, 15) is 18.3 Å². The monoisotopic (exact) mass is 549 g/mol. The molecule has 6 nitrogen and oxygen atoms in total. The Labute approximate surface area is 227 Å². The summed E-state index contributed by atoms with van der Waals surface area (Å²) in [5.74, 6) is -0.995. The molecule has 4 rings (SSSR count). The molecule has 0 bridgehead atoms. The van der Waals surface area contributed by atoms with Crippen LogP contribution in [0.5, 0.6) is 0 Å². The third kappa shape index (κ3) is 6.88. The van der Waals surface area contributed by atoms with Crippen LogP contribution in [0.25, 0.3) is 11.1 Å². The Bertz CT molecular complexity index is 1490. The second-order valence-electron chi connectivity index (χ2n) is 8.93. The lowest BCUT2D eigenvalue weighted by atomic mass is 10.0. The van der Waals surface area contributed by atoms with Crippen LogP contribution in [0.15, 0.2) is 107 Å². The minimum Gasteiger partial charge on any atom is -0.478 e. The fourth-order valence-corrected chi connectivity index (χ4v) is 5.55. The highest BCUT2D eigenvalue weighted by Gasteiger charge is 2.17. The minimum atomic E-state index is -3.67. The van der Waals surface area contributed by atoms with Crippen molar-refractivity contribution in [1.82, 2.24) is 5.32 Å². The summed E-state index contributed by atoms with van der Waals surface area (Å²) in [7, 11) is -3.67. The molecule has 0 saturated carbocycles. The number of benzene rings is 4. The number of aromatic carboxylic acids is 1. The van der Waals surface area contributed by atoms with E-state index in [0.29, 0.717) is 18.1 Å². The zero-order valence-electron chi connectivity index (χ0n) is 20.5. The van der Waals surface area contributed by atoms with Crippen molar-refractivity contribution in [1.29, 1.82) is 0 Å². The fourth-order valence-electron chi connectivity index (χ4n) is 4.09. The molecule has 3 N–H and O–H groups in total. The summed E-state index contributed by atoms with van der Waals surface area (Å²) in [6, 6.07) is 27.1. The third-order valence-electron chi connectivity index (χ3n) is 6.25. The number of nitrogens with one attached hydrogen (secondary N) is 1. The van der Waals surface area contributed by atoms with Crippen LogP contribution >= 0.6 is 11.6 Å². The van der Waals surface area contributed by atoms with Crippen molar-refractivity contribution in [3.8, 4) is 11.1 Å². The number of sulfone groups is 1. The van der Waals surface area contributed by atoms with E-state index in [1.54, 1.807) is 60.7 Å². The van der Waals surface area contributed by atoms with E-state index < -0.39 is 21.9 Å². The van der Waals surface area contributed by atoms with Crippen LogP contribution in [0, 0.1) is 0 Å². The number of carboxylic acids is 1. The van der Waals surface area contributed by atoms with Gasteiger partial charge in [0.05, 0.1) is 21.5 Å². The van der Waals surface area contributed by atoms with Crippen molar-refractivity contribution in [2.75, 3.05) is 13.1 Å². The molecular formula is C30H28ClNO5S. The summed E-state index contributed by atoms with van der Waals surface area (Å²) < 4.78 is 26.2. The summed E-state index contributed by atoms with van der Waals surface area (Å²) >= 11 is 5.97. The molecule has 0 heterocycles. The van der Waals surface area contributed by atoms with Gasteiger partial charge in [-0.15, -0.1) is 0 Å². The first-order valence-electron chi connectivity index (χ1n) is 12.2. The topological polar surface area (TPSA) is 104 Å². The number of aryl methyl sites for hydroxylation is 1. The molecule has 38 heavy (non-hydrogen) atoms. The van der Waals surface area contributed by atoms with Gasteiger partial charge in [-0.05, 0) is 90.2 Å². The van der Waals surface area contributed by atoms with E-state index in [0.717, 1.165) is 35.1 Å². The van der Waals surface area contributed by atoms with Crippen molar-refractivity contribution in [2.45, 2.75) is 28.7 Å². The van der Waals surface area contributed by atoms with Crippen LogP contribution in [0.2, 0.25) is 5.02 Å². The van der Waals surface area contributed by atoms with Gasteiger partial charge in [-0.1, -0.05) is 60.1 Å². The van der Waals surface area contributed by atoms with Crippen LogP contribution in [-0.2, 0) is 16.3 Å². The van der Waals surface area contributed by atoms with Crippen LogP contribution in [0.1, 0.15) is 34.0 Å². The van der Waals surface area contributed by atoms with Gasteiger partial charge in [0.15, 0.2) is 0 Å². The van der Waals surface area contributed by atoms with Gasteiger partial charge in [0.1, 0.15) is 0 Å². The number of hydrogen-bond donors (Lipinski definition) is 3. The largest absolute Gasteiger partial charge is 0.478 e. The lowest BCUT2D eigenvalue weighted by Crippen LogP contribution is -2.22. The maximum atomic E-state index is 13.1. The van der Waals surface area contributed by atoms with E-state index >= 15 is 0 Å². The van der Waals surface area contributed by atoms with Crippen molar-refractivity contribution >= 4 is 27.4 Å². The Kier molecular flexibility index (Phi) is 8.97. The Balaban J connectivity index is 1.30. The first-order chi connectivity index (χ1) is 18.2. The van der Waals surface area contributed by atoms with E-state index in [1.165, 1.54) is 12.1 Å². The number of carboxylic acid groups (broad SMARTS) is 1. The van der Waals surface area contributed by atoms with Crippen molar-refractivity contribution < 1.29 is 23.4 Å². The second kappa shape index (κ2) is 12.4. The molecule has 0 aromatic heterocycles. The third-order valence-corrected chi connectivity index (χ3v) is 8.27. The predicted octanol–water partition coefficient (Wildman–Crippen LogP) is 5.79. The van der Waals surface area contributed by atoms with Crippen LogP contribution in [0.4, 0.5) is 0 Å². The zero-order valence-corrected chi connectivity index (χ0v) is 22.1. The minimum absolute atomic E-state index is 0.193.